The smallest absolute Gasteiger partial charge is 0.408 e. The van der Waals surface area contributed by atoms with E-state index in [1.165, 1.54) is 6.07 Å². The highest BCUT2D eigenvalue weighted by atomic mass is 19.2. The van der Waals surface area contributed by atoms with Gasteiger partial charge in [-0.25, -0.2) is 18.4 Å². The second-order valence-electron chi connectivity index (χ2n) is 7.03. The third-order valence-corrected chi connectivity index (χ3v) is 3.50. The lowest BCUT2D eigenvalue weighted by molar-refractivity contribution is -0.139. The normalized spacial score (nSPS) is 12.2. The molecule has 0 aliphatic heterocycles. The van der Waals surface area contributed by atoms with Crippen LogP contribution in [0.3, 0.4) is 0 Å². The number of amides is 1. The van der Waals surface area contributed by atoms with Crippen LogP contribution in [0.4, 0.5) is 13.6 Å². The van der Waals surface area contributed by atoms with Gasteiger partial charge in [0.1, 0.15) is 23.1 Å². The van der Waals surface area contributed by atoms with E-state index >= 15 is 0 Å². The van der Waals surface area contributed by atoms with Gasteiger partial charge in [-0.3, -0.25) is 0 Å². The third kappa shape index (κ3) is 6.22. The first-order valence-corrected chi connectivity index (χ1v) is 8.48. The number of benzene rings is 2. The number of aliphatic carboxylic acids is 1. The van der Waals surface area contributed by atoms with Crippen LogP contribution in [-0.2, 0) is 16.0 Å². The highest BCUT2D eigenvalue weighted by Gasteiger charge is 2.25. The van der Waals surface area contributed by atoms with Gasteiger partial charge in [0.2, 0.25) is 0 Å². The van der Waals surface area contributed by atoms with Gasteiger partial charge in [0.15, 0.2) is 11.6 Å². The van der Waals surface area contributed by atoms with Crippen molar-refractivity contribution in [3.63, 3.8) is 0 Å². The Morgan fingerprint density at radius 3 is 2.39 bits per heavy atom. The fourth-order valence-corrected chi connectivity index (χ4v) is 2.31. The average molecular weight is 393 g/mol. The highest BCUT2D eigenvalue weighted by Crippen LogP contribution is 2.27. The minimum atomic E-state index is -1.27. The fraction of sp³-hybridized carbons (Fsp3) is 0.300. The molecule has 2 aromatic rings. The number of carbonyl (C=O) groups is 2. The summed E-state index contributed by atoms with van der Waals surface area (Å²) in [7, 11) is 0. The van der Waals surface area contributed by atoms with Gasteiger partial charge in [0.05, 0.1) is 0 Å². The molecule has 150 valence electrons. The molecule has 0 radical (unpaired) electrons. The lowest BCUT2D eigenvalue weighted by atomic mass is 10.0. The summed E-state index contributed by atoms with van der Waals surface area (Å²) in [6.45, 7) is 4.98. The summed E-state index contributed by atoms with van der Waals surface area (Å²) >= 11 is 0. The molecule has 1 atom stereocenters. The van der Waals surface area contributed by atoms with Crippen LogP contribution in [-0.4, -0.2) is 28.8 Å². The molecule has 0 aromatic heterocycles. The van der Waals surface area contributed by atoms with Gasteiger partial charge in [-0.1, -0.05) is 18.2 Å². The molecule has 2 N–H and O–H groups in total. The predicted molar refractivity (Wildman–Crippen MR) is 97.4 cm³/mol. The second kappa shape index (κ2) is 8.69. The molecule has 28 heavy (non-hydrogen) atoms. The van der Waals surface area contributed by atoms with Crippen molar-refractivity contribution in [3.05, 3.63) is 59.7 Å². The van der Waals surface area contributed by atoms with Gasteiger partial charge in [-0.2, -0.15) is 0 Å². The van der Waals surface area contributed by atoms with E-state index in [1.54, 1.807) is 45.0 Å². The van der Waals surface area contributed by atoms with E-state index in [9.17, 15) is 23.5 Å². The van der Waals surface area contributed by atoms with Crippen molar-refractivity contribution in [2.75, 3.05) is 0 Å². The number of rotatable bonds is 6. The quantitative estimate of drug-likeness (QED) is 0.765. The molecule has 0 aliphatic rings. The Kier molecular flexibility index (Phi) is 6.56. The van der Waals surface area contributed by atoms with Crippen molar-refractivity contribution in [1.82, 2.24) is 5.32 Å². The van der Waals surface area contributed by atoms with Crippen LogP contribution < -0.4 is 10.1 Å². The van der Waals surface area contributed by atoms with Crippen molar-refractivity contribution in [2.24, 2.45) is 0 Å². The molecule has 0 saturated heterocycles. The first kappa shape index (κ1) is 21.1. The predicted octanol–water partition coefficient (Wildman–Crippen LogP) is 4.28. The summed E-state index contributed by atoms with van der Waals surface area (Å²) in [6.07, 6.45) is -0.965. The van der Waals surface area contributed by atoms with Crippen LogP contribution in [0.1, 0.15) is 26.3 Å². The molecule has 1 unspecified atom stereocenters. The van der Waals surface area contributed by atoms with Gasteiger partial charge >= 0.3 is 12.1 Å². The fourth-order valence-electron chi connectivity index (χ4n) is 2.31. The summed E-state index contributed by atoms with van der Waals surface area (Å²) in [6, 6.07) is 8.28. The number of hydrogen-bond acceptors (Lipinski definition) is 4. The standard InChI is InChI=1S/C20H21F2NO5/c1-20(2,3)28-19(26)23-16(18(24)25)10-12-6-4-5-7-17(12)27-13-8-9-14(21)15(22)11-13/h4-9,11,16H,10H2,1-3H3,(H,23,26)(H,24,25). The van der Waals surface area contributed by atoms with E-state index < -0.39 is 35.3 Å². The Morgan fingerprint density at radius 1 is 1.11 bits per heavy atom. The molecular weight excluding hydrogens is 372 g/mol. The van der Waals surface area contributed by atoms with Crippen LogP contribution in [0.2, 0.25) is 0 Å². The SMILES string of the molecule is CC(C)(C)OC(=O)NC(Cc1ccccc1Oc1ccc(F)c(F)c1)C(=O)O. The summed E-state index contributed by atoms with van der Waals surface area (Å²) in [5, 5.41) is 11.7. The van der Waals surface area contributed by atoms with Crippen molar-refractivity contribution in [3.8, 4) is 11.5 Å². The maximum absolute atomic E-state index is 13.4. The number of carbonyl (C=O) groups excluding carboxylic acids is 1. The summed E-state index contributed by atoms with van der Waals surface area (Å²) < 4.78 is 37.1. The number of nitrogens with one attached hydrogen (secondary N) is 1. The molecule has 2 aromatic carbocycles. The van der Waals surface area contributed by atoms with Gasteiger partial charge in [-0.15, -0.1) is 0 Å². The molecule has 0 heterocycles. The van der Waals surface area contributed by atoms with Crippen LogP contribution >= 0.6 is 0 Å². The van der Waals surface area contributed by atoms with Crippen molar-refractivity contribution >= 4 is 12.1 Å². The van der Waals surface area contributed by atoms with Crippen LogP contribution in [0.25, 0.3) is 0 Å². The summed E-state index contributed by atoms with van der Waals surface area (Å²) in [5.74, 6) is -3.02. The van der Waals surface area contributed by atoms with Crippen LogP contribution in [0, 0.1) is 11.6 Å². The lowest BCUT2D eigenvalue weighted by Crippen LogP contribution is -2.44. The Labute approximate surface area is 161 Å². The molecule has 0 bridgehead atoms. The monoisotopic (exact) mass is 393 g/mol. The van der Waals surface area contributed by atoms with Crippen LogP contribution in [0.15, 0.2) is 42.5 Å². The van der Waals surface area contributed by atoms with Crippen molar-refractivity contribution < 1.29 is 33.0 Å². The van der Waals surface area contributed by atoms with E-state index in [0.717, 1.165) is 12.1 Å². The molecule has 0 aliphatic carbocycles. The highest BCUT2D eigenvalue weighted by molar-refractivity contribution is 5.80. The molecule has 0 spiro atoms. The Balaban J connectivity index is 2.18. The zero-order valence-electron chi connectivity index (χ0n) is 15.7. The summed E-state index contributed by atoms with van der Waals surface area (Å²) in [4.78, 5) is 23.5. The number of ether oxygens (including phenoxy) is 2. The molecule has 0 saturated carbocycles. The first-order valence-electron chi connectivity index (χ1n) is 8.48. The number of carboxylic acid groups (broad SMARTS) is 1. The topological polar surface area (TPSA) is 84.9 Å². The summed E-state index contributed by atoms with van der Waals surface area (Å²) in [5.41, 5.74) is -0.323. The third-order valence-electron chi connectivity index (χ3n) is 3.50. The molecule has 8 heteroatoms. The Morgan fingerprint density at radius 2 is 1.79 bits per heavy atom. The van der Waals surface area contributed by atoms with Crippen molar-refractivity contribution in [2.45, 2.75) is 38.8 Å². The maximum atomic E-state index is 13.4. The minimum absolute atomic E-state index is 0.0540. The molecule has 0 fully saturated rings. The first-order chi connectivity index (χ1) is 13.0. The minimum Gasteiger partial charge on any atom is -0.480 e. The van der Waals surface area contributed by atoms with Crippen LogP contribution in [0.5, 0.6) is 11.5 Å². The molecule has 6 nitrogen and oxygen atoms in total. The van der Waals surface area contributed by atoms with E-state index in [-0.39, 0.29) is 17.9 Å². The maximum Gasteiger partial charge on any atom is 0.408 e. The van der Waals surface area contributed by atoms with E-state index in [2.05, 4.69) is 5.32 Å². The number of halogens is 2. The number of hydrogen-bond donors (Lipinski definition) is 2. The van der Waals surface area contributed by atoms with E-state index in [0.29, 0.717) is 5.56 Å². The number of para-hydroxylation sites is 1. The van der Waals surface area contributed by atoms with Gasteiger partial charge in [0, 0.05) is 12.5 Å². The number of carboxylic acids is 1. The largest absolute Gasteiger partial charge is 0.480 e. The molecule has 1 amide bonds. The van der Waals surface area contributed by atoms with Gasteiger partial charge < -0.3 is 19.9 Å². The van der Waals surface area contributed by atoms with E-state index in [1.807, 2.05) is 0 Å². The Bertz CT molecular complexity index is 864. The Hall–Kier alpha value is -3.16. The van der Waals surface area contributed by atoms with Gasteiger partial charge in [0.25, 0.3) is 0 Å². The zero-order chi connectivity index (χ0) is 20.9. The van der Waals surface area contributed by atoms with Gasteiger partial charge in [-0.05, 0) is 44.5 Å². The zero-order valence-corrected chi connectivity index (χ0v) is 15.7. The molecular formula is C20H21F2NO5. The van der Waals surface area contributed by atoms with Crippen molar-refractivity contribution in [1.29, 1.82) is 0 Å². The average Bonchev–Trinajstić information content (AvgIpc) is 2.57. The van der Waals surface area contributed by atoms with E-state index in [4.69, 9.17) is 9.47 Å². The lowest BCUT2D eigenvalue weighted by Gasteiger charge is -2.22. The second-order valence-corrected chi connectivity index (χ2v) is 7.03. The number of alkyl carbamates (subject to hydrolysis) is 1. The molecule has 2 rings (SSSR count).